The van der Waals surface area contributed by atoms with Crippen molar-refractivity contribution in [3.8, 4) is 5.75 Å². The van der Waals surface area contributed by atoms with E-state index in [-0.39, 0.29) is 37.0 Å². The summed E-state index contributed by atoms with van der Waals surface area (Å²) >= 11 is 18.7. The molecule has 0 bridgehead atoms. The molecule has 206 valence electrons. The lowest BCUT2D eigenvalue weighted by Crippen LogP contribution is -2.53. The van der Waals surface area contributed by atoms with Crippen molar-refractivity contribution >= 4 is 56.8 Å². The highest BCUT2D eigenvalue weighted by molar-refractivity contribution is 7.88. The Kier molecular flexibility index (Phi) is 8.68. The summed E-state index contributed by atoms with van der Waals surface area (Å²) < 4.78 is 30.3. The maximum Gasteiger partial charge on any atom is 0.320 e. The van der Waals surface area contributed by atoms with Crippen LogP contribution in [0.1, 0.15) is 21.8 Å². The van der Waals surface area contributed by atoms with E-state index < -0.39 is 10.0 Å². The zero-order valence-corrected chi connectivity index (χ0v) is 24.3. The fraction of sp³-hybridized carbons (Fsp3) is 0.440. The second-order valence-corrected chi connectivity index (χ2v) is 12.7. The molecule has 2 fully saturated rings. The first kappa shape index (κ1) is 28.8. The maximum absolute atomic E-state index is 13.5. The number of amides is 3. The molecule has 0 aromatic heterocycles. The zero-order chi connectivity index (χ0) is 27.8. The third-order valence-corrected chi connectivity index (χ3v) is 9.46. The summed E-state index contributed by atoms with van der Waals surface area (Å²) in [5.74, 6) is -0.0115. The van der Waals surface area contributed by atoms with Crippen LogP contribution in [0.4, 0.5) is 4.79 Å². The molecular weight excluding hydrogens is 575 g/mol. The van der Waals surface area contributed by atoms with Crippen molar-refractivity contribution in [1.29, 1.82) is 0 Å². The molecule has 1 unspecified atom stereocenters. The summed E-state index contributed by atoms with van der Waals surface area (Å²) in [5, 5.41) is 1.13. The molecule has 3 amide bonds. The van der Waals surface area contributed by atoms with Crippen molar-refractivity contribution in [2.24, 2.45) is 0 Å². The molecule has 13 heteroatoms. The van der Waals surface area contributed by atoms with Crippen molar-refractivity contribution in [1.82, 2.24) is 19.0 Å². The summed E-state index contributed by atoms with van der Waals surface area (Å²) in [6, 6.07) is 9.62. The fourth-order valence-electron chi connectivity index (χ4n) is 4.97. The van der Waals surface area contributed by atoms with Gasteiger partial charge in [-0.3, -0.25) is 4.79 Å². The van der Waals surface area contributed by atoms with Gasteiger partial charge in [0, 0.05) is 57.8 Å². The Morgan fingerprint density at radius 3 is 2.18 bits per heavy atom. The SMILES string of the molecule is COc1ccc(C(=O)N(C)[C@@H]2CN(C(=O)N3CCN(S(C)(=O)=O)CC3)CC2c2ccc(Cl)c(Cl)c2)cc1Cl. The Hall–Kier alpha value is -2.24. The number of carbonyl (C=O) groups is 2. The maximum atomic E-state index is 13.5. The van der Waals surface area contributed by atoms with Crippen LogP contribution in [0.2, 0.25) is 15.1 Å². The van der Waals surface area contributed by atoms with Gasteiger partial charge >= 0.3 is 6.03 Å². The van der Waals surface area contributed by atoms with Crippen molar-refractivity contribution < 1.29 is 22.7 Å². The van der Waals surface area contributed by atoms with Gasteiger partial charge < -0.3 is 19.4 Å². The minimum atomic E-state index is -3.31. The molecule has 4 rings (SSSR count). The molecule has 2 aromatic carbocycles. The van der Waals surface area contributed by atoms with E-state index in [2.05, 4.69) is 0 Å². The van der Waals surface area contributed by atoms with E-state index in [1.165, 1.54) is 17.7 Å². The van der Waals surface area contributed by atoms with Crippen molar-refractivity contribution in [2.45, 2.75) is 12.0 Å². The highest BCUT2D eigenvalue weighted by Gasteiger charge is 2.42. The van der Waals surface area contributed by atoms with E-state index in [1.807, 2.05) is 6.07 Å². The summed E-state index contributed by atoms with van der Waals surface area (Å²) in [4.78, 5) is 32.0. The van der Waals surface area contributed by atoms with Gasteiger partial charge in [0.05, 0.1) is 34.5 Å². The number of likely N-dealkylation sites (N-methyl/N-ethyl adjacent to an activating group) is 1. The summed E-state index contributed by atoms with van der Waals surface area (Å²) in [5.41, 5.74) is 1.25. The summed E-state index contributed by atoms with van der Waals surface area (Å²) in [6.45, 7) is 1.73. The largest absolute Gasteiger partial charge is 0.495 e. The number of hydrogen-bond acceptors (Lipinski definition) is 5. The molecular formula is C25H29Cl3N4O5S. The van der Waals surface area contributed by atoms with E-state index in [4.69, 9.17) is 39.5 Å². The first-order valence-corrected chi connectivity index (χ1v) is 14.9. The van der Waals surface area contributed by atoms with Crippen LogP contribution in [0, 0.1) is 0 Å². The number of benzene rings is 2. The van der Waals surface area contributed by atoms with E-state index >= 15 is 0 Å². The molecule has 0 spiro atoms. The molecule has 38 heavy (non-hydrogen) atoms. The minimum Gasteiger partial charge on any atom is -0.495 e. The second kappa shape index (κ2) is 11.5. The quantitative estimate of drug-likeness (QED) is 0.517. The standard InChI is InChI=1S/C25H29Cl3N4O5S/c1-29(24(33)17-5-7-23(37-2)21(28)13-17)22-15-31(14-18(22)16-4-6-19(26)20(27)12-16)25(34)30-8-10-32(11-9-30)38(3,35)36/h4-7,12-13,18,22H,8-11,14-15H2,1-3H3/t18?,22-/m1/s1. The topological polar surface area (TPSA) is 90.5 Å². The van der Waals surface area contributed by atoms with Gasteiger partial charge in [-0.15, -0.1) is 0 Å². The molecule has 2 saturated heterocycles. The van der Waals surface area contributed by atoms with Crippen LogP contribution in [0.3, 0.4) is 0 Å². The van der Waals surface area contributed by atoms with Gasteiger partial charge in [0.15, 0.2) is 0 Å². The first-order valence-electron chi connectivity index (χ1n) is 11.9. The zero-order valence-electron chi connectivity index (χ0n) is 21.2. The van der Waals surface area contributed by atoms with Crippen molar-refractivity contribution in [3.05, 3.63) is 62.6 Å². The van der Waals surface area contributed by atoms with E-state index in [9.17, 15) is 18.0 Å². The van der Waals surface area contributed by atoms with Gasteiger partial charge in [0.2, 0.25) is 10.0 Å². The van der Waals surface area contributed by atoms with Crippen LogP contribution in [-0.4, -0.2) is 105 Å². The normalized spacial score (nSPS) is 20.5. The van der Waals surface area contributed by atoms with Crippen LogP contribution in [0.5, 0.6) is 5.75 Å². The number of ether oxygens (including phenoxy) is 1. The number of hydrogen-bond donors (Lipinski definition) is 0. The highest BCUT2D eigenvalue weighted by atomic mass is 35.5. The van der Waals surface area contributed by atoms with E-state index in [1.54, 1.807) is 52.1 Å². The number of carbonyl (C=O) groups excluding carboxylic acids is 2. The number of sulfonamides is 1. The second-order valence-electron chi connectivity index (χ2n) is 9.45. The van der Waals surface area contributed by atoms with E-state index in [0.717, 1.165) is 5.56 Å². The molecule has 0 saturated carbocycles. The predicted octanol–water partition coefficient (Wildman–Crippen LogP) is 3.89. The highest BCUT2D eigenvalue weighted by Crippen LogP contribution is 2.35. The molecule has 0 radical (unpaired) electrons. The molecule has 9 nitrogen and oxygen atoms in total. The number of methoxy groups -OCH3 is 1. The third-order valence-electron chi connectivity index (χ3n) is 7.13. The first-order chi connectivity index (χ1) is 17.9. The lowest BCUT2D eigenvalue weighted by atomic mass is 9.93. The van der Waals surface area contributed by atoms with Crippen molar-refractivity contribution in [2.75, 3.05) is 59.7 Å². The number of rotatable bonds is 5. The number of nitrogens with zero attached hydrogens (tertiary/aromatic N) is 4. The van der Waals surface area contributed by atoms with Crippen molar-refractivity contribution in [3.63, 3.8) is 0 Å². The average Bonchev–Trinajstić information content (AvgIpc) is 3.34. The molecule has 2 aliphatic rings. The van der Waals surface area contributed by atoms with Crippen LogP contribution in [0.15, 0.2) is 36.4 Å². The number of piperazine rings is 1. The van der Waals surface area contributed by atoms with Crippen LogP contribution >= 0.6 is 34.8 Å². The Labute approximate surface area is 237 Å². The summed E-state index contributed by atoms with van der Waals surface area (Å²) in [7, 11) is -0.108. The Morgan fingerprint density at radius 2 is 1.61 bits per heavy atom. The summed E-state index contributed by atoms with van der Waals surface area (Å²) in [6.07, 6.45) is 1.17. The van der Waals surface area contributed by atoms with Gasteiger partial charge in [-0.05, 0) is 35.9 Å². The van der Waals surface area contributed by atoms with Gasteiger partial charge in [-0.1, -0.05) is 40.9 Å². The molecule has 0 aliphatic carbocycles. The number of halogens is 3. The van der Waals surface area contributed by atoms with Crippen LogP contribution < -0.4 is 4.74 Å². The van der Waals surface area contributed by atoms with Crippen LogP contribution in [0.25, 0.3) is 0 Å². The minimum absolute atomic E-state index is 0.195. The lowest BCUT2D eigenvalue weighted by Gasteiger charge is -2.35. The monoisotopic (exact) mass is 602 g/mol. The molecule has 0 N–H and O–H groups in total. The van der Waals surface area contributed by atoms with Gasteiger partial charge in [-0.2, -0.15) is 4.31 Å². The Balaban J connectivity index is 1.58. The Bertz CT molecular complexity index is 1330. The van der Waals surface area contributed by atoms with Gasteiger partial charge in [0.1, 0.15) is 5.75 Å². The Morgan fingerprint density at radius 1 is 0.921 bits per heavy atom. The predicted molar refractivity (Wildman–Crippen MR) is 148 cm³/mol. The smallest absolute Gasteiger partial charge is 0.320 e. The molecule has 2 aromatic rings. The van der Waals surface area contributed by atoms with Gasteiger partial charge in [0.25, 0.3) is 5.91 Å². The molecule has 2 heterocycles. The van der Waals surface area contributed by atoms with E-state index in [0.29, 0.717) is 52.6 Å². The average molecular weight is 604 g/mol. The number of urea groups is 1. The third kappa shape index (κ3) is 5.99. The fourth-order valence-corrected chi connectivity index (χ4v) is 6.36. The molecule has 2 atom stereocenters. The molecule has 2 aliphatic heterocycles. The van der Waals surface area contributed by atoms with Crippen LogP contribution in [-0.2, 0) is 10.0 Å². The van der Waals surface area contributed by atoms with Gasteiger partial charge in [-0.25, -0.2) is 13.2 Å². The number of likely N-dealkylation sites (tertiary alicyclic amines) is 1. The lowest BCUT2D eigenvalue weighted by molar-refractivity contribution is 0.0723.